The molecule has 0 aliphatic rings. The summed E-state index contributed by atoms with van der Waals surface area (Å²) in [6, 6.07) is 0. The van der Waals surface area contributed by atoms with Crippen molar-refractivity contribution in [2.24, 2.45) is 0 Å². The van der Waals surface area contributed by atoms with E-state index in [9.17, 15) is 14.4 Å². The van der Waals surface area contributed by atoms with E-state index in [1.807, 2.05) is 0 Å². The Balaban J connectivity index is 4.43. The quantitative estimate of drug-likeness (QED) is 0.0261. The van der Waals surface area contributed by atoms with Crippen LogP contribution in [0.5, 0.6) is 0 Å². The van der Waals surface area contributed by atoms with Gasteiger partial charge in [-0.15, -0.1) is 0 Å². The van der Waals surface area contributed by atoms with E-state index >= 15 is 0 Å². The van der Waals surface area contributed by atoms with Crippen LogP contribution in [-0.4, -0.2) is 37.2 Å². The molecule has 6 nitrogen and oxygen atoms in total. The van der Waals surface area contributed by atoms with Gasteiger partial charge in [-0.3, -0.25) is 14.4 Å². The molecule has 0 bridgehead atoms. The summed E-state index contributed by atoms with van der Waals surface area (Å²) in [4.78, 5) is 38.3. The molecular weight excluding hydrogens is 925 g/mol. The van der Waals surface area contributed by atoms with Gasteiger partial charge < -0.3 is 14.2 Å². The van der Waals surface area contributed by atoms with Crippen LogP contribution in [0.3, 0.4) is 0 Å². The molecule has 0 rings (SSSR count). The van der Waals surface area contributed by atoms with Crippen LogP contribution in [0.4, 0.5) is 0 Å². The van der Waals surface area contributed by atoms with Crippen LogP contribution in [0.1, 0.15) is 316 Å². The summed E-state index contributed by atoms with van der Waals surface area (Å²) >= 11 is 0. The lowest BCUT2D eigenvalue weighted by Gasteiger charge is -2.18. The first-order valence-corrected chi connectivity index (χ1v) is 32.1. The number of carbonyl (C=O) groups is 3. The van der Waals surface area contributed by atoms with Crippen molar-refractivity contribution in [3.63, 3.8) is 0 Å². The highest BCUT2D eigenvalue weighted by Crippen LogP contribution is 2.17. The Labute approximate surface area is 465 Å². The maximum atomic E-state index is 12.9. The lowest BCUT2D eigenvalue weighted by molar-refractivity contribution is -0.167. The molecular formula is C69H120O6. The average molecular weight is 1050 g/mol. The fraction of sp³-hybridized carbons (Fsp3) is 0.754. The second-order valence-corrected chi connectivity index (χ2v) is 21.3. The first kappa shape index (κ1) is 71.6. The lowest BCUT2D eigenvalue weighted by Crippen LogP contribution is -2.30. The Hall–Kier alpha value is -3.41. The Morgan fingerprint density at radius 2 is 0.480 bits per heavy atom. The van der Waals surface area contributed by atoms with E-state index < -0.39 is 6.10 Å². The van der Waals surface area contributed by atoms with Crippen molar-refractivity contribution < 1.29 is 28.6 Å². The molecule has 0 aromatic rings. The highest BCUT2D eigenvalue weighted by molar-refractivity contribution is 5.71. The fourth-order valence-electron chi connectivity index (χ4n) is 9.02. The SMILES string of the molecule is CCCCC/C=C\C/C=C\C/C=C\C/C=C\CCCCCC(=O)OC[C@H](COC(=O)CCCCCCCCCCCCCCCCCCCCCCC)OC(=O)CCCCCC/C=C\C/C=C\C/C=C\CCCCC. The molecule has 0 aliphatic heterocycles. The standard InChI is InChI=1S/C69H120O6/c1-4-7-10-13-16-19-22-25-28-31-33-34-36-39-41-44-47-50-53-56-59-62-68(71)74-65-66(75-69(72)63-60-57-54-51-48-45-42-37-30-27-24-21-18-15-12-9-6-3)64-73-67(70)61-58-55-52-49-46-43-40-38-35-32-29-26-23-20-17-14-11-8-5-2/h17-18,20-21,26-27,29-30,35,38,42-43,45-46,66H,4-16,19,22-25,28,31-34,36-37,39-41,44,47-65H2,1-3H3/b20-17-,21-18-,29-26-,30-27-,38-35-,45-42-,46-43-/t66-/m1/s1. The molecule has 0 radical (unpaired) electrons. The number of allylic oxidation sites excluding steroid dienone is 14. The first-order valence-electron chi connectivity index (χ1n) is 32.1. The monoisotopic (exact) mass is 1040 g/mol. The molecule has 0 aromatic heterocycles. The molecule has 0 saturated heterocycles. The van der Waals surface area contributed by atoms with Crippen LogP contribution in [0, 0.1) is 0 Å². The minimum atomic E-state index is -0.802. The van der Waals surface area contributed by atoms with Crippen LogP contribution >= 0.6 is 0 Å². The molecule has 0 spiro atoms. The third kappa shape index (κ3) is 61.3. The van der Waals surface area contributed by atoms with Crippen LogP contribution in [0.15, 0.2) is 85.1 Å². The average Bonchev–Trinajstić information content (AvgIpc) is 3.41. The summed E-state index contributed by atoms with van der Waals surface area (Å²) in [6.45, 7) is 6.58. The van der Waals surface area contributed by atoms with Gasteiger partial charge in [0, 0.05) is 19.3 Å². The van der Waals surface area contributed by atoms with Crippen molar-refractivity contribution in [1.29, 1.82) is 0 Å². The second-order valence-electron chi connectivity index (χ2n) is 21.3. The number of ether oxygens (including phenoxy) is 3. The van der Waals surface area contributed by atoms with E-state index in [0.29, 0.717) is 19.3 Å². The summed E-state index contributed by atoms with van der Waals surface area (Å²) in [5.41, 5.74) is 0. The molecule has 0 heterocycles. The number of carbonyl (C=O) groups excluding carboxylic acids is 3. The zero-order chi connectivity index (χ0) is 54.3. The van der Waals surface area contributed by atoms with Crippen molar-refractivity contribution in [2.75, 3.05) is 13.2 Å². The van der Waals surface area contributed by atoms with Gasteiger partial charge in [0.2, 0.25) is 0 Å². The maximum Gasteiger partial charge on any atom is 0.306 e. The van der Waals surface area contributed by atoms with Gasteiger partial charge in [0.1, 0.15) is 13.2 Å². The number of hydrogen-bond acceptors (Lipinski definition) is 6. The van der Waals surface area contributed by atoms with Crippen LogP contribution in [-0.2, 0) is 28.6 Å². The summed E-state index contributed by atoms with van der Waals surface area (Å²) in [6.07, 6.45) is 83.0. The van der Waals surface area contributed by atoms with Crippen LogP contribution in [0.25, 0.3) is 0 Å². The van der Waals surface area contributed by atoms with E-state index in [2.05, 4.69) is 106 Å². The fourth-order valence-corrected chi connectivity index (χ4v) is 9.02. The van der Waals surface area contributed by atoms with Crippen molar-refractivity contribution in [3.05, 3.63) is 85.1 Å². The van der Waals surface area contributed by atoms with Gasteiger partial charge in [0.05, 0.1) is 0 Å². The van der Waals surface area contributed by atoms with E-state index in [1.165, 1.54) is 167 Å². The first-order chi connectivity index (χ1) is 37.0. The Morgan fingerprint density at radius 1 is 0.267 bits per heavy atom. The zero-order valence-corrected chi connectivity index (χ0v) is 49.6. The third-order valence-corrected chi connectivity index (χ3v) is 13.9. The molecule has 1 atom stereocenters. The molecule has 432 valence electrons. The van der Waals surface area contributed by atoms with Gasteiger partial charge in [-0.25, -0.2) is 0 Å². The summed E-state index contributed by atoms with van der Waals surface area (Å²) < 4.78 is 16.9. The smallest absolute Gasteiger partial charge is 0.306 e. The van der Waals surface area contributed by atoms with Crippen molar-refractivity contribution >= 4 is 17.9 Å². The highest BCUT2D eigenvalue weighted by Gasteiger charge is 2.19. The molecule has 6 heteroatoms. The highest BCUT2D eigenvalue weighted by atomic mass is 16.6. The number of rotatable bonds is 58. The summed E-state index contributed by atoms with van der Waals surface area (Å²) in [7, 11) is 0. The minimum Gasteiger partial charge on any atom is -0.462 e. The van der Waals surface area contributed by atoms with Crippen LogP contribution < -0.4 is 0 Å². The lowest BCUT2D eigenvalue weighted by atomic mass is 10.0. The third-order valence-electron chi connectivity index (χ3n) is 13.9. The van der Waals surface area contributed by atoms with E-state index in [-0.39, 0.29) is 31.1 Å². The minimum absolute atomic E-state index is 0.0938. The predicted molar refractivity (Wildman–Crippen MR) is 325 cm³/mol. The molecule has 0 saturated carbocycles. The number of esters is 3. The largest absolute Gasteiger partial charge is 0.462 e. The topological polar surface area (TPSA) is 78.9 Å². The van der Waals surface area contributed by atoms with Crippen molar-refractivity contribution in [1.82, 2.24) is 0 Å². The zero-order valence-electron chi connectivity index (χ0n) is 49.6. The number of hydrogen-bond donors (Lipinski definition) is 0. The van der Waals surface area contributed by atoms with Gasteiger partial charge in [0.15, 0.2) is 6.10 Å². The van der Waals surface area contributed by atoms with E-state index in [4.69, 9.17) is 14.2 Å². The normalized spacial score (nSPS) is 12.6. The Kier molecular flexibility index (Phi) is 60.3. The molecule has 0 fully saturated rings. The van der Waals surface area contributed by atoms with Crippen LogP contribution in [0.2, 0.25) is 0 Å². The van der Waals surface area contributed by atoms with Gasteiger partial charge in [0.25, 0.3) is 0 Å². The Morgan fingerprint density at radius 3 is 0.787 bits per heavy atom. The van der Waals surface area contributed by atoms with Crippen molar-refractivity contribution in [3.8, 4) is 0 Å². The maximum absolute atomic E-state index is 12.9. The summed E-state index contributed by atoms with van der Waals surface area (Å²) in [5.74, 6) is -0.935. The van der Waals surface area contributed by atoms with Gasteiger partial charge >= 0.3 is 17.9 Å². The molecule has 0 unspecified atom stereocenters. The summed E-state index contributed by atoms with van der Waals surface area (Å²) in [5, 5.41) is 0. The van der Waals surface area contributed by atoms with Gasteiger partial charge in [-0.05, 0) is 103 Å². The Bertz CT molecular complexity index is 1430. The molecule has 0 aromatic carbocycles. The molecule has 0 aliphatic carbocycles. The predicted octanol–water partition coefficient (Wildman–Crippen LogP) is 21.9. The molecule has 0 N–H and O–H groups in total. The van der Waals surface area contributed by atoms with E-state index in [1.54, 1.807) is 0 Å². The second kappa shape index (κ2) is 63.1. The van der Waals surface area contributed by atoms with E-state index in [0.717, 1.165) is 109 Å². The van der Waals surface area contributed by atoms with Crippen molar-refractivity contribution in [2.45, 2.75) is 322 Å². The number of unbranched alkanes of at least 4 members (excludes halogenated alkanes) is 33. The van der Waals surface area contributed by atoms with Gasteiger partial charge in [-0.1, -0.05) is 279 Å². The molecule has 0 amide bonds. The molecule has 75 heavy (non-hydrogen) atoms. The van der Waals surface area contributed by atoms with Gasteiger partial charge in [-0.2, -0.15) is 0 Å².